The number of halogens is 1. The molecule has 0 aliphatic heterocycles. The quantitative estimate of drug-likeness (QED) is 0.687. The van der Waals surface area contributed by atoms with Gasteiger partial charge in [0.15, 0.2) is 0 Å². The molecule has 0 saturated heterocycles. The maximum absolute atomic E-state index is 12.1. The van der Waals surface area contributed by atoms with Crippen molar-refractivity contribution in [3.63, 3.8) is 0 Å². The Labute approximate surface area is 114 Å². The Morgan fingerprint density at radius 3 is 2.67 bits per heavy atom. The summed E-state index contributed by atoms with van der Waals surface area (Å²) < 4.78 is 25.7. The van der Waals surface area contributed by atoms with Crippen molar-refractivity contribution in [3.8, 4) is 0 Å². The monoisotopic (exact) mass is 290 g/mol. The summed E-state index contributed by atoms with van der Waals surface area (Å²) in [5.74, 6) is 0.406. The molecule has 0 bridgehead atoms. The first-order valence-corrected chi connectivity index (χ1v) is 8.18. The van der Waals surface area contributed by atoms with Gasteiger partial charge in [-0.2, -0.15) is 0 Å². The van der Waals surface area contributed by atoms with Gasteiger partial charge in [-0.05, 0) is 18.6 Å². The zero-order valence-corrected chi connectivity index (χ0v) is 12.1. The molecule has 1 rings (SSSR count). The number of pyridine rings is 1. The Kier molecular flexibility index (Phi) is 6.60. The van der Waals surface area contributed by atoms with Crippen molar-refractivity contribution >= 4 is 21.6 Å². The Morgan fingerprint density at radius 1 is 1.33 bits per heavy atom. The number of hydrogen-bond donors (Lipinski definition) is 0. The predicted octanol–water partition coefficient (Wildman–Crippen LogP) is 1.90. The van der Waals surface area contributed by atoms with Crippen LogP contribution in [0.4, 0.5) is 0 Å². The van der Waals surface area contributed by atoms with Crippen molar-refractivity contribution in [2.75, 3.05) is 24.7 Å². The fraction of sp³-hybridized carbons (Fsp3) is 0.583. The second-order valence-corrected chi connectivity index (χ2v) is 6.44. The third kappa shape index (κ3) is 4.92. The zero-order chi connectivity index (χ0) is 13.4. The summed E-state index contributed by atoms with van der Waals surface area (Å²) in [7, 11) is -3.24. The van der Waals surface area contributed by atoms with E-state index in [2.05, 4.69) is 4.98 Å². The van der Waals surface area contributed by atoms with Crippen LogP contribution in [0, 0.1) is 0 Å². The second-order valence-electron chi connectivity index (χ2n) is 3.98. The number of nitrogens with zero attached hydrogens (tertiary/aromatic N) is 2. The van der Waals surface area contributed by atoms with Crippen LogP contribution >= 0.6 is 11.6 Å². The molecule has 0 radical (unpaired) electrons. The molecule has 0 amide bonds. The van der Waals surface area contributed by atoms with E-state index >= 15 is 0 Å². The van der Waals surface area contributed by atoms with Crippen molar-refractivity contribution in [2.45, 2.75) is 19.8 Å². The lowest BCUT2D eigenvalue weighted by Gasteiger charge is -2.20. The Balaban J connectivity index is 2.62. The molecule has 102 valence electrons. The lowest BCUT2D eigenvalue weighted by molar-refractivity contribution is 0.428. The first-order chi connectivity index (χ1) is 8.60. The van der Waals surface area contributed by atoms with E-state index in [1.807, 2.05) is 25.1 Å². The molecule has 18 heavy (non-hydrogen) atoms. The molecule has 1 heterocycles. The van der Waals surface area contributed by atoms with Crippen LogP contribution in [0.5, 0.6) is 0 Å². The minimum absolute atomic E-state index is 0.0842. The largest absolute Gasteiger partial charge is 0.261 e. The molecule has 0 unspecified atom stereocenters. The van der Waals surface area contributed by atoms with Crippen LogP contribution in [0.1, 0.15) is 19.0 Å². The van der Waals surface area contributed by atoms with Crippen molar-refractivity contribution < 1.29 is 8.42 Å². The van der Waals surface area contributed by atoms with Crippen LogP contribution in [0.15, 0.2) is 24.4 Å². The van der Waals surface area contributed by atoms with E-state index < -0.39 is 10.0 Å². The van der Waals surface area contributed by atoms with Gasteiger partial charge < -0.3 is 0 Å². The minimum atomic E-state index is -3.24. The van der Waals surface area contributed by atoms with E-state index in [0.29, 0.717) is 25.4 Å². The molecular formula is C12H19ClN2O2S. The number of hydrogen-bond acceptors (Lipinski definition) is 3. The van der Waals surface area contributed by atoms with Gasteiger partial charge in [-0.1, -0.05) is 13.0 Å². The van der Waals surface area contributed by atoms with Gasteiger partial charge >= 0.3 is 0 Å². The molecule has 1 aromatic heterocycles. The minimum Gasteiger partial charge on any atom is -0.261 e. The topological polar surface area (TPSA) is 50.3 Å². The average molecular weight is 291 g/mol. The normalized spacial score (nSPS) is 11.9. The second kappa shape index (κ2) is 7.71. The summed E-state index contributed by atoms with van der Waals surface area (Å²) in [5.41, 5.74) is 0.795. The Morgan fingerprint density at radius 2 is 2.11 bits per heavy atom. The van der Waals surface area contributed by atoms with E-state index in [1.54, 1.807) is 6.20 Å². The number of aryl methyl sites for hydroxylation is 1. The first kappa shape index (κ1) is 15.4. The fourth-order valence-corrected chi connectivity index (χ4v) is 3.50. The van der Waals surface area contributed by atoms with Crippen molar-refractivity contribution in [1.82, 2.24) is 9.29 Å². The van der Waals surface area contributed by atoms with Crippen molar-refractivity contribution in [2.24, 2.45) is 0 Å². The summed E-state index contributed by atoms with van der Waals surface area (Å²) >= 11 is 5.64. The number of rotatable bonds is 8. The van der Waals surface area contributed by atoms with Crippen LogP contribution < -0.4 is 0 Å². The maximum Gasteiger partial charge on any atom is 0.214 e. The molecular weight excluding hydrogens is 272 g/mol. The SMILES string of the molecule is CCCN(CCCl)S(=O)(=O)CCc1ccccn1. The lowest BCUT2D eigenvalue weighted by Crippen LogP contribution is -2.35. The van der Waals surface area contributed by atoms with Crippen LogP contribution in [0.2, 0.25) is 0 Å². The molecule has 1 aromatic rings. The number of alkyl halides is 1. The first-order valence-electron chi connectivity index (χ1n) is 6.04. The lowest BCUT2D eigenvalue weighted by atomic mass is 10.3. The maximum atomic E-state index is 12.1. The highest BCUT2D eigenvalue weighted by molar-refractivity contribution is 7.89. The highest BCUT2D eigenvalue weighted by Crippen LogP contribution is 2.06. The molecule has 0 aliphatic rings. The smallest absolute Gasteiger partial charge is 0.214 e. The van der Waals surface area contributed by atoms with Crippen LogP contribution in [-0.2, 0) is 16.4 Å². The van der Waals surface area contributed by atoms with E-state index in [0.717, 1.165) is 12.1 Å². The molecule has 6 heteroatoms. The van der Waals surface area contributed by atoms with Gasteiger partial charge in [0.25, 0.3) is 0 Å². The molecule has 0 aromatic carbocycles. The third-order valence-corrected chi connectivity index (χ3v) is 4.58. The zero-order valence-electron chi connectivity index (χ0n) is 10.5. The molecule has 4 nitrogen and oxygen atoms in total. The van der Waals surface area contributed by atoms with Gasteiger partial charge in [0.05, 0.1) is 5.75 Å². The summed E-state index contributed by atoms with van der Waals surface area (Å²) in [6, 6.07) is 5.51. The van der Waals surface area contributed by atoms with Gasteiger partial charge in [-0.15, -0.1) is 11.6 Å². The van der Waals surface area contributed by atoms with Crippen molar-refractivity contribution in [1.29, 1.82) is 0 Å². The highest BCUT2D eigenvalue weighted by Gasteiger charge is 2.20. The average Bonchev–Trinajstić information content (AvgIpc) is 2.37. The van der Waals surface area contributed by atoms with E-state index in [4.69, 9.17) is 11.6 Å². The summed E-state index contributed by atoms with van der Waals surface area (Å²) in [4.78, 5) is 4.12. The van der Waals surface area contributed by atoms with Crippen LogP contribution in [-0.4, -0.2) is 42.4 Å². The van der Waals surface area contributed by atoms with Crippen molar-refractivity contribution in [3.05, 3.63) is 30.1 Å². The Bertz CT molecular complexity index is 431. The molecule has 0 atom stereocenters. The molecule has 0 fully saturated rings. The highest BCUT2D eigenvalue weighted by atomic mass is 35.5. The summed E-state index contributed by atoms with van der Waals surface area (Å²) in [6.45, 7) is 2.85. The van der Waals surface area contributed by atoms with E-state index in [9.17, 15) is 8.42 Å². The summed E-state index contributed by atoms with van der Waals surface area (Å²) in [5, 5.41) is 0. The molecule has 0 N–H and O–H groups in total. The van der Waals surface area contributed by atoms with Gasteiger partial charge in [0, 0.05) is 37.3 Å². The standard InChI is InChI=1S/C12H19ClN2O2S/c1-2-9-15(10-7-13)18(16,17)11-6-12-5-3-4-8-14-12/h3-5,8H,2,6-7,9-11H2,1H3. The summed E-state index contributed by atoms with van der Waals surface area (Å²) in [6.07, 6.45) is 2.90. The Hall–Kier alpha value is -0.650. The van der Waals surface area contributed by atoms with Crippen LogP contribution in [0.25, 0.3) is 0 Å². The number of sulfonamides is 1. The van der Waals surface area contributed by atoms with Gasteiger partial charge in [0.2, 0.25) is 10.0 Å². The van der Waals surface area contributed by atoms with Gasteiger partial charge in [-0.25, -0.2) is 12.7 Å². The van der Waals surface area contributed by atoms with Crippen LogP contribution in [0.3, 0.4) is 0 Å². The molecule has 0 spiro atoms. The third-order valence-electron chi connectivity index (χ3n) is 2.54. The van der Waals surface area contributed by atoms with E-state index in [-0.39, 0.29) is 5.75 Å². The molecule has 0 saturated carbocycles. The fourth-order valence-electron chi connectivity index (χ4n) is 1.64. The van der Waals surface area contributed by atoms with Gasteiger partial charge in [-0.3, -0.25) is 4.98 Å². The number of aromatic nitrogens is 1. The van der Waals surface area contributed by atoms with E-state index in [1.165, 1.54) is 4.31 Å². The predicted molar refractivity (Wildman–Crippen MR) is 74.3 cm³/mol. The van der Waals surface area contributed by atoms with Gasteiger partial charge in [0.1, 0.15) is 0 Å². The molecule has 0 aliphatic carbocycles.